The topological polar surface area (TPSA) is 39.2 Å². The number of carbonyl (C=O) groups is 1. The van der Waals surface area contributed by atoms with E-state index in [9.17, 15) is 13.6 Å². The third-order valence-electron chi connectivity index (χ3n) is 2.24. The number of aryl methyl sites for hydroxylation is 1. The van der Waals surface area contributed by atoms with Crippen LogP contribution in [0.2, 0.25) is 5.02 Å². The Morgan fingerprint density at radius 1 is 1.59 bits per heavy atom. The summed E-state index contributed by atoms with van der Waals surface area (Å²) in [5, 5.41) is -0.134. The zero-order chi connectivity index (χ0) is 13.0. The van der Waals surface area contributed by atoms with E-state index < -0.39 is 12.4 Å². The first kappa shape index (κ1) is 13.8. The summed E-state index contributed by atoms with van der Waals surface area (Å²) in [6, 6.07) is 0. The second-order valence-corrected chi connectivity index (χ2v) is 3.77. The van der Waals surface area contributed by atoms with Crippen LogP contribution in [0.1, 0.15) is 30.2 Å². The van der Waals surface area contributed by atoms with E-state index in [1.54, 1.807) is 13.8 Å². The van der Waals surface area contributed by atoms with Crippen LogP contribution in [0.5, 0.6) is 0 Å². The molecule has 0 amide bonds. The largest absolute Gasteiger partial charge is 0.466 e. The zero-order valence-corrected chi connectivity index (χ0v) is 10.2. The molecule has 1 aromatic heterocycles. The summed E-state index contributed by atoms with van der Waals surface area (Å²) in [4.78, 5) is 15.2. The minimum absolute atomic E-state index is 0.134. The van der Waals surface area contributed by atoms with Crippen LogP contribution < -0.4 is 0 Å². The Kier molecular flexibility index (Phi) is 4.81. The lowest BCUT2D eigenvalue weighted by molar-refractivity contribution is -0.142. The van der Waals surface area contributed by atoms with Crippen LogP contribution in [0, 0.1) is 6.92 Å². The number of esters is 1. The molecular formula is C11H12ClF2NO2. The molecule has 17 heavy (non-hydrogen) atoms. The van der Waals surface area contributed by atoms with E-state index in [2.05, 4.69) is 4.98 Å². The molecule has 0 aromatic carbocycles. The lowest BCUT2D eigenvalue weighted by Gasteiger charge is -2.12. The summed E-state index contributed by atoms with van der Waals surface area (Å²) in [5.74, 6) is -0.568. The van der Waals surface area contributed by atoms with Gasteiger partial charge in [-0.05, 0) is 19.4 Å². The van der Waals surface area contributed by atoms with Crippen LogP contribution in [0.4, 0.5) is 8.78 Å². The van der Waals surface area contributed by atoms with Crippen LogP contribution in [0.25, 0.3) is 0 Å². The van der Waals surface area contributed by atoms with Gasteiger partial charge in [-0.15, -0.1) is 0 Å². The Labute approximate surface area is 103 Å². The first-order valence-electron chi connectivity index (χ1n) is 5.05. The van der Waals surface area contributed by atoms with Gasteiger partial charge in [0.05, 0.1) is 18.1 Å². The number of aromatic nitrogens is 1. The molecule has 0 aliphatic carbocycles. The maximum atomic E-state index is 12.8. The van der Waals surface area contributed by atoms with Gasteiger partial charge in [0, 0.05) is 17.5 Å². The van der Waals surface area contributed by atoms with Crippen LogP contribution in [0.15, 0.2) is 6.20 Å². The van der Waals surface area contributed by atoms with E-state index in [1.165, 1.54) is 0 Å². The molecule has 0 saturated heterocycles. The van der Waals surface area contributed by atoms with Crippen molar-refractivity contribution in [2.24, 2.45) is 0 Å². The van der Waals surface area contributed by atoms with E-state index in [1.807, 2.05) is 0 Å². The predicted octanol–water partition coefficient (Wildman–Crippen LogP) is 3.09. The van der Waals surface area contributed by atoms with Crippen molar-refractivity contribution in [1.29, 1.82) is 0 Å². The fraction of sp³-hybridized carbons (Fsp3) is 0.455. The van der Waals surface area contributed by atoms with Crippen molar-refractivity contribution in [1.82, 2.24) is 4.98 Å². The van der Waals surface area contributed by atoms with E-state index in [-0.39, 0.29) is 29.2 Å². The van der Waals surface area contributed by atoms with Gasteiger partial charge >= 0.3 is 5.97 Å². The predicted molar refractivity (Wildman–Crippen MR) is 59.3 cm³/mol. The van der Waals surface area contributed by atoms with Crippen molar-refractivity contribution in [2.75, 3.05) is 6.61 Å². The van der Waals surface area contributed by atoms with E-state index >= 15 is 0 Å². The van der Waals surface area contributed by atoms with Crippen molar-refractivity contribution in [3.8, 4) is 0 Å². The molecule has 1 heterocycles. The van der Waals surface area contributed by atoms with Crippen LogP contribution in [0.3, 0.4) is 0 Å². The van der Waals surface area contributed by atoms with Gasteiger partial charge in [0.1, 0.15) is 0 Å². The van der Waals surface area contributed by atoms with Gasteiger partial charge in [-0.1, -0.05) is 11.6 Å². The number of hydrogen-bond acceptors (Lipinski definition) is 3. The molecule has 3 nitrogen and oxygen atoms in total. The zero-order valence-electron chi connectivity index (χ0n) is 9.47. The molecule has 0 unspecified atom stereocenters. The van der Waals surface area contributed by atoms with Gasteiger partial charge in [-0.3, -0.25) is 9.78 Å². The van der Waals surface area contributed by atoms with Crippen molar-refractivity contribution >= 4 is 17.6 Å². The number of pyridine rings is 1. The highest BCUT2D eigenvalue weighted by atomic mass is 35.5. The third kappa shape index (κ3) is 3.36. The van der Waals surface area contributed by atoms with E-state index in [4.69, 9.17) is 16.3 Å². The fourth-order valence-corrected chi connectivity index (χ4v) is 1.70. The average molecular weight is 264 g/mol. The Balaban J connectivity index is 3.12. The Bertz CT molecular complexity index is 424. The first-order chi connectivity index (χ1) is 7.97. The number of hydrogen-bond donors (Lipinski definition) is 0. The molecule has 0 radical (unpaired) electrons. The van der Waals surface area contributed by atoms with Gasteiger partial charge in [0.25, 0.3) is 6.43 Å². The molecule has 0 spiro atoms. The number of rotatable bonds is 4. The van der Waals surface area contributed by atoms with Crippen molar-refractivity contribution < 1.29 is 18.3 Å². The van der Waals surface area contributed by atoms with E-state index in [0.29, 0.717) is 5.69 Å². The molecule has 1 rings (SSSR count). The van der Waals surface area contributed by atoms with Gasteiger partial charge in [-0.25, -0.2) is 8.78 Å². The van der Waals surface area contributed by atoms with Crippen molar-refractivity contribution in [3.05, 3.63) is 28.0 Å². The molecule has 94 valence electrons. The maximum absolute atomic E-state index is 12.8. The third-order valence-corrected chi connectivity index (χ3v) is 2.54. The fourth-order valence-electron chi connectivity index (χ4n) is 1.46. The second kappa shape index (κ2) is 5.91. The summed E-state index contributed by atoms with van der Waals surface area (Å²) in [6.45, 7) is 3.40. The van der Waals surface area contributed by atoms with Crippen molar-refractivity contribution in [2.45, 2.75) is 26.7 Å². The van der Waals surface area contributed by atoms with Crippen LogP contribution in [-0.4, -0.2) is 17.6 Å². The Morgan fingerprint density at radius 3 is 2.76 bits per heavy atom. The number of carbonyl (C=O) groups excluding carboxylic acids is 1. The molecule has 0 saturated carbocycles. The quantitative estimate of drug-likeness (QED) is 0.784. The van der Waals surface area contributed by atoms with E-state index in [0.717, 1.165) is 6.20 Å². The minimum atomic E-state index is -2.74. The summed E-state index contributed by atoms with van der Waals surface area (Å²) in [5.41, 5.74) is 0.163. The smallest absolute Gasteiger partial charge is 0.310 e. The SMILES string of the molecule is CCOC(=O)Cc1c(C)ncc(Cl)c1C(F)F. The van der Waals surface area contributed by atoms with Crippen LogP contribution in [-0.2, 0) is 16.0 Å². The highest BCUT2D eigenvalue weighted by molar-refractivity contribution is 6.31. The number of nitrogens with zero attached hydrogens (tertiary/aromatic N) is 1. The first-order valence-corrected chi connectivity index (χ1v) is 5.42. The average Bonchev–Trinajstić information content (AvgIpc) is 2.23. The summed E-state index contributed by atoms with van der Waals surface area (Å²) >= 11 is 5.66. The number of halogens is 3. The number of alkyl halides is 2. The summed E-state index contributed by atoms with van der Waals surface area (Å²) in [7, 11) is 0. The molecule has 0 bridgehead atoms. The number of ether oxygens (including phenoxy) is 1. The molecule has 0 fully saturated rings. The molecular weight excluding hydrogens is 252 g/mol. The normalized spacial score (nSPS) is 10.7. The lowest BCUT2D eigenvalue weighted by Crippen LogP contribution is -2.12. The highest BCUT2D eigenvalue weighted by Gasteiger charge is 2.21. The van der Waals surface area contributed by atoms with Gasteiger partial charge in [-0.2, -0.15) is 0 Å². The van der Waals surface area contributed by atoms with Gasteiger partial charge in [0.15, 0.2) is 0 Å². The molecule has 1 aromatic rings. The minimum Gasteiger partial charge on any atom is -0.466 e. The monoisotopic (exact) mass is 263 g/mol. The molecule has 0 aliphatic rings. The van der Waals surface area contributed by atoms with Gasteiger partial charge in [0.2, 0.25) is 0 Å². The molecule has 0 N–H and O–H groups in total. The lowest BCUT2D eigenvalue weighted by atomic mass is 10.0. The van der Waals surface area contributed by atoms with Crippen molar-refractivity contribution in [3.63, 3.8) is 0 Å². The van der Waals surface area contributed by atoms with Gasteiger partial charge < -0.3 is 4.74 Å². The standard InChI is InChI=1S/C11H12ClF2NO2/c1-3-17-9(16)4-7-6(2)15-5-8(12)10(7)11(13)14/h5,11H,3-4H2,1-2H3. The van der Waals surface area contributed by atoms with Crippen LogP contribution >= 0.6 is 11.6 Å². The molecule has 0 aliphatic heterocycles. The summed E-state index contributed by atoms with van der Waals surface area (Å²) in [6.07, 6.45) is -1.83. The Morgan fingerprint density at radius 2 is 2.24 bits per heavy atom. The maximum Gasteiger partial charge on any atom is 0.310 e. The second-order valence-electron chi connectivity index (χ2n) is 3.37. The Hall–Kier alpha value is -1.23. The summed E-state index contributed by atoms with van der Waals surface area (Å²) < 4.78 is 30.4. The molecule has 6 heteroatoms. The molecule has 0 atom stereocenters. The highest BCUT2D eigenvalue weighted by Crippen LogP contribution is 2.31.